The van der Waals surface area contributed by atoms with Crippen LogP contribution in [0, 0.1) is 0 Å². The summed E-state index contributed by atoms with van der Waals surface area (Å²) in [4.78, 5) is 34.5. The Hall–Kier alpha value is -3.35. The highest BCUT2D eigenvalue weighted by Crippen LogP contribution is 2.22. The molecule has 2 aromatic carbocycles. The van der Waals surface area contributed by atoms with E-state index in [9.17, 15) is 19.5 Å². The minimum absolute atomic E-state index is 0.176. The third-order valence-corrected chi connectivity index (χ3v) is 3.25. The highest BCUT2D eigenvalue weighted by molar-refractivity contribution is 5.97. The van der Waals surface area contributed by atoms with Crippen LogP contribution in [0.4, 0.5) is 4.79 Å². The molecule has 0 aliphatic carbocycles. The average molecular weight is 342 g/mol. The Morgan fingerprint density at radius 1 is 0.960 bits per heavy atom. The fourth-order valence-electron chi connectivity index (χ4n) is 2.03. The zero-order chi connectivity index (χ0) is 18.2. The standard InChI is InChI=1S/C18H18N2O5/c1-2-19-18(24)20-16(22)11-25-17(23)14-5-3-12(4-6-14)13-7-9-15(21)10-8-13/h3-10,21H,2,11H2,1H3,(H2,19,20,22,24). The number of benzene rings is 2. The number of esters is 1. The number of hydrogen-bond donors (Lipinski definition) is 3. The van der Waals surface area contributed by atoms with Crippen LogP contribution in [0.3, 0.4) is 0 Å². The minimum atomic E-state index is -0.708. The van der Waals surface area contributed by atoms with Gasteiger partial charge < -0.3 is 15.2 Å². The first-order valence-corrected chi connectivity index (χ1v) is 7.64. The van der Waals surface area contributed by atoms with Gasteiger partial charge in [0.15, 0.2) is 6.61 Å². The number of nitrogens with one attached hydrogen (secondary N) is 2. The van der Waals surface area contributed by atoms with E-state index in [1.807, 2.05) is 5.32 Å². The quantitative estimate of drug-likeness (QED) is 0.722. The van der Waals surface area contributed by atoms with Gasteiger partial charge in [-0.3, -0.25) is 10.1 Å². The number of amides is 3. The van der Waals surface area contributed by atoms with Crippen LogP contribution in [-0.2, 0) is 9.53 Å². The minimum Gasteiger partial charge on any atom is -0.508 e. The van der Waals surface area contributed by atoms with E-state index in [0.29, 0.717) is 6.54 Å². The fraction of sp³-hybridized carbons (Fsp3) is 0.167. The zero-order valence-electron chi connectivity index (χ0n) is 13.6. The average Bonchev–Trinajstić information content (AvgIpc) is 2.60. The topological polar surface area (TPSA) is 105 Å². The van der Waals surface area contributed by atoms with E-state index in [4.69, 9.17) is 4.74 Å². The second kappa shape index (κ2) is 8.49. The monoisotopic (exact) mass is 342 g/mol. The van der Waals surface area contributed by atoms with Crippen molar-refractivity contribution in [2.75, 3.05) is 13.2 Å². The normalized spacial score (nSPS) is 9.96. The number of phenolic OH excluding ortho intramolecular Hbond substituents is 1. The summed E-state index contributed by atoms with van der Waals surface area (Å²) in [5.74, 6) is -1.20. The molecule has 7 heteroatoms. The van der Waals surface area contributed by atoms with Crippen molar-refractivity contribution >= 4 is 17.9 Å². The van der Waals surface area contributed by atoms with E-state index in [-0.39, 0.29) is 11.3 Å². The fourth-order valence-corrected chi connectivity index (χ4v) is 2.03. The number of imide groups is 1. The number of rotatable bonds is 5. The van der Waals surface area contributed by atoms with Crippen LogP contribution in [0.5, 0.6) is 5.75 Å². The molecule has 0 aliphatic heterocycles. The second-order valence-electron chi connectivity index (χ2n) is 5.11. The molecule has 0 aliphatic rings. The lowest BCUT2D eigenvalue weighted by atomic mass is 10.0. The summed E-state index contributed by atoms with van der Waals surface area (Å²) >= 11 is 0. The smallest absolute Gasteiger partial charge is 0.338 e. The predicted molar refractivity (Wildman–Crippen MR) is 91.0 cm³/mol. The van der Waals surface area contributed by atoms with Gasteiger partial charge in [-0.1, -0.05) is 24.3 Å². The van der Waals surface area contributed by atoms with Crippen LogP contribution in [-0.4, -0.2) is 36.2 Å². The molecule has 130 valence electrons. The number of urea groups is 1. The van der Waals surface area contributed by atoms with Crippen molar-refractivity contribution in [1.29, 1.82) is 0 Å². The van der Waals surface area contributed by atoms with E-state index in [1.165, 1.54) is 0 Å². The molecule has 25 heavy (non-hydrogen) atoms. The molecule has 0 unspecified atom stereocenters. The van der Waals surface area contributed by atoms with Gasteiger partial charge >= 0.3 is 12.0 Å². The number of ether oxygens (including phenoxy) is 1. The van der Waals surface area contributed by atoms with Crippen LogP contribution < -0.4 is 10.6 Å². The summed E-state index contributed by atoms with van der Waals surface area (Å²) in [6.45, 7) is 1.55. The molecule has 0 radical (unpaired) electrons. The van der Waals surface area contributed by atoms with Crippen molar-refractivity contribution in [3.63, 3.8) is 0 Å². The van der Waals surface area contributed by atoms with Crippen molar-refractivity contribution in [2.45, 2.75) is 6.92 Å². The number of phenols is 1. The zero-order valence-corrected chi connectivity index (χ0v) is 13.6. The second-order valence-corrected chi connectivity index (χ2v) is 5.11. The lowest BCUT2D eigenvalue weighted by molar-refractivity contribution is -0.123. The summed E-state index contributed by atoms with van der Waals surface area (Å²) in [5.41, 5.74) is 2.04. The Balaban J connectivity index is 1.91. The summed E-state index contributed by atoms with van der Waals surface area (Å²) < 4.78 is 4.87. The molecule has 3 amide bonds. The predicted octanol–water partition coefficient (Wildman–Crippen LogP) is 2.06. The highest BCUT2D eigenvalue weighted by Gasteiger charge is 2.12. The highest BCUT2D eigenvalue weighted by atomic mass is 16.5. The van der Waals surface area contributed by atoms with Crippen LogP contribution in [0.2, 0.25) is 0 Å². The molecule has 2 aromatic rings. The van der Waals surface area contributed by atoms with Gasteiger partial charge in [0.1, 0.15) is 5.75 Å². The largest absolute Gasteiger partial charge is 0.508 e. The van der Waals surface area contributed by atoms with Crippen molar-refractivity contribution < 1.29 is 24.2 Å². The molecular weight excluding hydrogens is 324 g/mol. The van der Waals surface area contributed by atoms with E-state index in [0.717, 1.165) is 11.1 Å². The van der Waals surface area contributed by atoms with Gasteiger partial charge in [-0.25, -0.2) is 9.59 Å². The van der Waals surface area contributed by atoms with Crippen LogP contribution >= 0.6 is 0 Å². The third-order valence-electron chi connectivity index (χ3n) is 3.25. The van der Waals surface area contributed by atoms with Gasteiger partial charge in [0.25, 0.3) is 5.91 Å². The Kier molecular flexibility index (Phi) is 6.11. The van der Waals surface area contributed by atoms with Gasteiger partial charge in [0.05, 0.1) is 5.56 Å². The van der Waals surface area contributed by atoms with Crippen LogP contribution in [0.15, 0.2) is 48.5 Å². The Bertz CT molecular complexity index is 754. The van der Waals surface area contributed by atoms with E-state index in [1.54, 1.807) is 55.5 Å². The molecule has 0 bridgehead atoms. The summed E-state index contributed by atoms with van der Waals surface area (Å²) in [7, 11) is 0. The lowest BCUT2D eigenvalue weighted by Crippen LogP contribution is -2.41. The van der Waals surface area contributed by atoms with E-state index in [2.05, 4.69) is 5.32 Å². The SMILES string of the molecule is CCNC(=O)NC(=O)COC(=O)c1ccc(-c2ccc(O)cc2)cc1. The molecule has 0 heterocycles. The summed E-state index contributed by atoms with van der Waals surface area (Å²) in [6, 6.07) is 12.6. The maximum Gasteiger partial charge on any atom is 0.338 e. The Morgan fingerprint density at radius 3 is 2.08 bits per heavy atom. The van der Waals surface area contributed by atoms with E-state index < -0.39 is 24.5 Å². The number of carbonyl (C=O) groups is 3. The van der Waals surface area contributed by atoms with E-state index >= 15 is 0 Å². The molecule has 0 fully saturated rings. The van der Waals surface area contributed by atoms with Gasteiger partial charge in [-0.2, -0.15) is 0 Å². The van der Waals surface area contributed by atoms with Crippen molar-refractivity contribution in [1.82, 2.24) is 10.6 Å². The van der Waals surface area contributed by atoms with Gasteiger partial charge in [-0.15, -0.1) is 0 Å². The maximum absolute atomic E-state index is 11.9. The van der Waals surface area contributed by atoms with Gasteiger partial charge in [0, 0.05) is 6.54 Å². The maximum atomic E-state index is 11.9. The van der Waals surface area contributed by atoms with Crippen molar-refractivity contribution in [3.8, 4) is 16.9 Å². The van der Waals surface area contributed by atoms with Crippen LogP contribution in [0.1, 0.15) is 17.3 Å². The number of carbonyl (C=O) groups excluding carboxylic acids is 3. The Morgan fingerprint density at radius 2 is 1.52 bits per heavy atom. The first-order chi connectivity index (χ1) is 12.0. The molecule has 0 saturated heterocycles. The van der Waals surface area contributed by atoms with Crippen molar-refractivity contribution in [2.24, 2.45) is 0 Å². The molecule has 0 saturated carbocycles. The molecular formula is C18H18N2O5. The summed E-state index contributed by atoms with van der Waals surface area (Å²) in [5, 5.41) is 13.7. The van der Waals surface area contributed by atoms with Crippen LogP contribution in [0.25, 0.3) is 11.1 Å². The van der Waals surface area contributed by atoms with Gasteiger partial charge in [0.2, 0.25) is 0 Å². The molecule has 3 N–H and O–H groups in total. The number of aromatic hydroxyl groups is 1. The molecule has 0 atom stereocenters. The molecule has 0 spiro atoms. The van der Waals surface area contributed by atoms with Gasteiger partial charge in [-0.05, 0) is 42.3 Å². The molecule has 7 nitrogen and oxygen atoms in total. The number of hydrogen-bond acceptors (Lipinski definition) is 5. The third kappa shape index (κ3) is 5.35. The first kappa shape index (κ1) is 18.0. The summed E-state index contributed by atoms with van der Waals surface area (Å²) in [6.07, 6.45) is 0. The molecule has 0 aromatic heterocycles. The lowest BCUT2D eigenvalue weighted by Gasteiger charge is -2.07. The first-order valence-electron chi connectivity index (χ1n) is 7.64. The van der Waals surface area contributed by atoms with Crippen molar-refractivity contribution in [3.05, 3.63) is 54.1 Å². The Labute approximate surface area is 144 Å². The molecule has 2 rings (SSSR count).